The van der Waals surface area contributed by atoms with E-state index in [1.54, 1.807) is 36.4 Å². The van der Waals surface area contributed by atoms with Gasteiger partial charge < -0.3 is 20.0 Å². The molecule has 61 heavy (non-hydrogen) atoms. The van der Waals surface area contributed by atoms with Gasteiger partial charge in [-0.25, -0.2) is 0 Å². The first-order valence-corrected chi connectivity index (χ1v) is 23.0. The molecule has 322 valence electrons. The van der Waals surface area contributed by atoms with Gasteiger partial charge in [0.05, 0.1) is 9.79 Å². The molecule has 1 saturated carbocycles. The molecule has 0 radical (unpaired) electrons. The number of unbranched alkanes of at least 4 members (excludes halogenated alkanes) is 4. The summed E-state index contributed by atoms with van der Waals surface area (Å²) in [5.41, 5.74) is 4.90. The number of carbonyl (C=O) groups is 3. The number of anilines is 2. The largest absolute Gasteiger partial charge is 1.00 e. The molecule has 4 N–H and O–H groups in total. The third-order valence-electron chi connectivity index (χ3n) is 11.4. The van der Waals surface area contributed by atoms with Crippen LogP contribution < -0.4 is 61.2 Å². The standard InChI is InChI=1S/C45H54N2O11S2.K/c1-44(2)35-29-33(59(53,54)55)23-25-37(35)46(27-13-5-7-19-41(48)49)39(44)17-11-9-15-31-21-22-32(43(31)52)16-10-12-18-40-45(3,4)36-30-34(60(56,57)58)24-26-38(36)47(40)28-14-6-8-20-42(50)51;/h9-12,15-18,23-26,29-30H,5-8,13-14,19-22,27-28H2,1-4H3,(H,48,49)(H,50,51)(H,53,54,55)(H,56,57,58);/q;+1/b11-9+,12-10+,31-15+,32-16+,39-17+,40-18+;. The Hall–Kier alpha value is -3.45. The van der Waals surface area contributed by atoms with Crippen molar-refractivity contribution in [2.24, 2.45) is 0 Å². The molecule has 1 aliphatic carbocycles. The number of fused-ring (bicyclic) bond motifs is 2. The van der Waals surface area contributed by atoms with Gasteiger partial charge in [-0.05, 0) is 98.2 Å². The van der Waals surface area contributed by atoms with Crippen molar-refractivity contribution in [3.05, 3.63) is 119 Å². The van der Waals surface area contributed by atoms with Crippen LogP contribution >= 0.6 is 0 Å². The summed E-state index contributed by atoms with van der Waals surface area (Å²) in [5, 5.41) is 18.1. The number of benzene rings is 2. The quantitative estimate of drug-likeness (QED) is 0.0635. The average molecular weight is 902 g/mol. The van der Waals surface area contributed by atoms with Crippen LogP contribution in [0.25, 0.3) is 0 Å². The van der Waals surface area contributed by atoms with Crippen molar-refractivity contribution in [2.45, 2.75) is 113 Å². The summed E-state index contributed by atoms with van der Waals surface area (Å²) in [6.07, 6.45) is 19.9. The first-order valence-electron chi connectivity index (χ1n) is 20.1. The second-order valence-corrected chi connectivity index (χ2v) is 19.2. The number of rotatable bonds is 18. The Balaban J connectivity index is 0.00000819. The van der Waals surface area contributed by atoms with Crippen LogP contribution in [0.4, 0.5) is 11.4 Å². The van der Waals surface area contributed by atoms with Crippen LogP contribution in [0.5, 0.6) is 0 Å². The van der Waals surface area contributed by atoms with Gasteiger partial charge in [0, 0.05) is 70.7 Å². The Morgan fingerprint density at radius 1 is 0.607 bits per heavy atom. The zero-order valence-electron chi connectivity index (χ0n) is 35.4. The van der Waals surface area contributed by atoms with E-state index in [9.17, 15) is 40.3 Å². The van der Waals surface area contributed by atoms with Crippen molar-refractivity contribution < 1.29 is 102 Å². The predicted octanol–water partition coefficient (Wildman–Crippen LogP) is 5.47. The molecule has 3 aliphatic rings. The van der Waals surface area contributed by atoms with Gasteiger partial charge in [0.25, 0.3) is 20.2 Å². The fourth-order valence-corrected chi connectivity index (χ4v) is 9.23. The Morgan fingerprint density at radius 2 is 0.967 bits per heavy atom. The number of nitrogens with zero attached hydrogens (tertiary/aromatic N) is 2. The SMILES string of the molecule is CC1(C)\C(=C/C=C/C=C2\CC\C(=C/C=C/C=C3/N(CCCCCC(=O)O)c4ccc(S(=O)(=O)O)cc4C3(C)C)C2=O)N(CCCCCC(=O)O)c2ccc(S(=O)(=O)O)cc21.[K+]. The van der Waals surface area contributed by atoms with Gasteiger partial charge in [-0.15, -0.1) is 0 Å². The topological polar surface area (TPSA) is 207 Å². The van der Waals surface area contributed by atoms with E-state index in [0.29, 0.717) is 75.6 Å². The first-order chi connectivity index (χ1) is 28.1. The van der Waals surface area contributed by atoms with E-state index in [-0.39, 0.29) is 79.8 Å². The second-order valence-electron chi connectivity index (χ2n) is 16.4. The van der Waals surface area contributed by atoms with Gasteiger partial charge in [0.1, 0.15) is 0 Å². The molecule has 2 heterocycles. The predicted molar refractivity (Wildman–Crippen MR) is 230 cm³/mol. The fourth-order valence-electron chi connectivity index (χ4n) is 8.22. The summed E-state index contributed by atoms with van der Waals surface area (Å²) in [5.74, 6) is -1.75. The summed E-state index contributed by atoms with van der Waals surface area (Å²) in [6.45, 7) is 9.03. The average Bonchev–Trinajstić information content (AvgIpc) is 3.69. The van der Waals surface area contributed by atoms with Gasteiger partial charge in [-0.2, -0.15) is 16.8 Å². The number of carboxylic acid groups (broad SMARTS) is 2. The van der Waals surface area contributed by atoms with Crippen molar-refractivity contribution in [1.82, 2.24) is 0 Å². The van der Waals surface area contributed by atoms with Crippen molar-refractivity contribution in [1.29, 1.82) is 0 Å². The van der Waals surface area contributed by atoms with Crippen LogP contribution in [0.3, 0.4) is 0 Å². The number of carbonyl (C=O) groups excluding carboxylic acids is 1. The normalized spacial score (nSPS) is 19.8. The molecular formula is C45H54KN2O11S2+. The maximum Gasteiger partial charge on any atom is 1.00 e. The molecule has 13 nitrogen and oxygen atoms in total. The van der Waals surface area contributed by atoms with E-state index in [2.05, 4.69) is 9.80 Å². The van der Waals surface area contributed by atoms with E-state index >= 15 is 0 Å². The molecule has 0 unspecified atom stereocenters. The second kappa shape index (κ2) is 20.8. The number of allylic oxidation sites excluding steroid dienone is 12. The van der Waals surface area contributed by atoms with E-state index in [1.165, 1.54) is 24.3 Å². The summed E-state index contributed by atoms with van der Waals surface area (Å²) in [4.78, 5) is 39.2. The van der Waals surface area contributed by atoms with E-state index < -0.39 is 43.0 Å². The van der Waals surface area contributed by atoms with Gasteiger partial charge in [-0.3, -0.25) is 23.5 Å². The van der Waals surface area contributed by atoms with Gasteiger partial charge >= 0.3 is 63.3 Å². The Kier molecular flexibility index (Phi) is 17.1. The molecule has 5 rings (SSSR count). The zero-order chi connectivity index (χ0) is 44.0. The Bertz CT molecular complexity index is 2280. The summed E-state index contributed by atoms with van der Waals surface area (Å²) in [6, 6.07) is 9.08. The van der Waals surface area contributed by atoms with Crippen molar-refractivity contribution in [2.75, 3.05) is 22.9 Å². The fraction of sp³-hybridized carbons (Fsp3) is 0.400. The number of hydrogen-bond donors (Lipinski definition) is 4. The molecule has 0 spiro atoms. The molecule has 0 saturated heterocycles. The number of ketones is 1. The molecule has 2 aliphatic heterocycles. The van der Waals surface area contributed by atoms with Crippen LogP contribution in [0.2, 0.25) is 0 Å². The minimum absolute atomic E-state index is 0. The number of aliphatic carboxylic acids is 2. The monoisotopic (exact) mass is 901 g/mol. The third-order valence-corrected chi connectivity index (χ3v) is 13.1. The zero-order valence-corrected chi connectivity index (χ0v) is 40.2. The minimum Gasteiger partial charge on any atom is -0.481 e. The molecule has 0 bridgehead atoms. The maximum absolute atomic E-state index is 13.4. The molecule has 1 fully saturated rings. The Morgan fingerprint density at radius 3 is 1.31 bits per heavy atom. The molecule has 0 aromatic heterocycles. The smallest absolute Gasteiger partial charge is 0.481 e. The van der Waals surface area contributed by atoms with Crippen LogP contribution in [-0.4, -0.2) is 67.0 Å². The summed E-state index contributed by atoms with van der Waals surface area (Å²) in [7, 11) is -8.84. The number of hydrogen-bond acceptors (Lipinski definition) is 9. The van der Waals surface area contributed by atoms with Crippen LogP contribution in [0, 0.1) is 0 Å². The van der Waals surface area contributed by atoms with Crippen LogP contribution in [0.15, 0.2) is 117 Å². The number of carboxylic acids is 2. The van der Waals surface area contributed by atoms with Gasteiger partial charge in [0.15, 0.2) is 5.78 Å². The van der Waals surface area contributed by atoms with Gasteiger partial charge in [-0.1, -0.05) is 77.0 Å². The summed E-state index contributed by atoms with van der Waals surface area (Å²) >= 11 is 0. The molecule has 0 amide bonds. The van der Waals surface area contributed by atoms with Crippen molar-refractivity contribution in [3.63, 3.8) is 0 Å². The van der Waals surface area contributed by atoms with E-state index in [0.717, 1.165) is 33.9 Å². The molecule has 2 aromatic carbocycles. The van der Waals surface area contributed by atoms with Gasteiger partial charge in [0.2, 0.25) is 0 Å². The minimum atomic E-state index is -4.42. The third kappa shape index (κ3) is 12.2. The molecule has 0 atom stereocenters. The van der Waals surface area contributed by atoms with E-state index in [4.69, 9.17) is 10.2 Å². The molecule has 2 aromatic rings. The summed E-state index contributed by atoms with van der Waals surface area (Å²) < 4.78 is 67.4. The van der Waals surface area contributed by atoms with Crippen molar-refractivity contribution >= 4 is 49.3 Å². The maximum atomic E-state index is 13.4. The van der Waals surface area contributed by atoms with Crippen LogP contribution in [0.1, 0.15) is 103 Å². The van der Waals surface area contributed by atoms with E-state index in [1.807, 2.05) is 52.0 Å². The molecular weight excluding hydrogens is 848 g/mol. The first kappa shape index (κ1) is 50.2. The Labute approximate surface area is 401 Å². The van der Waals surface area contributed by atoms with Crippen molar-refractivity contribution in [3.8, 4) is 0 Å². The molecule has 16 heteroatoms. The number of Topliss-reactive ketones (excluding diaryl/α,β-unsaturated/α-hetero) is 1. The van der Waals surface area contributed by atoms with Crippen LogP contribution in [-0.2, 0) is 45.4 Å².